The molecule has 0 bridgehead atoms. The van der Waals surface area contributed by atoms with Crippen LogP contribution in [-0.2, 0) is 65.4 Å². The number of unbranched alkanes of at least 4 members (excludes halogenated alkanes) is 36. The van der Waals surface area contributed by atoms with E-state index in [2.05, 4.69) is 34.6 Å². The summed E-state index contributed by atoms with van der Waals surface area (Å²) < 4.78 is 67.8. The Morgan fingerprint density at radius 2 is 0.554 bits per heavy atom. The minimum atomic E-state index is -4.94. The van der Waals surface area contributed by atoms with Crippen LogP contribution in [-0.4, -0.2) is 96.7 Å². The van der Waals surface area contributed by atoms with Crippen LogP contribution in [0.25, 0.3) is 0 Å². The van der Waals surface area contributed by atoms with Gasteiger partial charge in [0.25, 0.3) is 0 Å². The summed E-state index contributed by atoms with van der Waals surface area (Å²) in [6.45, 7) is 7.11. The Kier molecular flexibility index (Phi) is 56.4. The number of ether oxygens (including phenoxy) is 4. The van der Waals surface area contributed by atoms with Gasteiger partial charge in [0.2, 0.25) is 0 Å². The number of rotatable bonds is 64. The molecule has 0 saturated carbocycles. The minimum Gasteiger partial charge on any atom is -0.462 e. The van der Waals surface area contributed by atoms with E-state index in [4.69, 9.17) is 37.0 Å². The highest BCUT2D eigenvalue weighted by Crippen LogP contribution is 2.45. The fourth-order valence-electron chi connectivity index (χ4n) is 9.58. The first-order valence-electron chi connectivity index (χ1n) is 33.6. The van der Waals surface area contributed by atoms with Gasteiger partial charge in [0, 0.05) is 25.7 Å². The molecule has 17 nitrogen and oxygen atoms in total. The lowest BCUT2D eigenvalue weighted by atomic mass is 10.0. The zero-order valence-electron chi connectivity index (χ0n) is 53.3. The topological polar surface area (TPSA) is 237 Å². The second-order valence-corrected chi connectivity index (χ2v) is 26.5. The molecule has 0 aromatic rings. The predicted molar refractivity (Wildman–Crippen MR) is 331 cm³/mol. The Balaban J connectivity index is 5.16. The molecule has 0 aliphatic heterocycles. The summed E-state index contributed by atoms with van der Waals surface area (Å²) in [7, 11) is -9.88. The van der Waals surface area contributed by atoms with E-state index in [1.165, 1.54) is 141 Å². The first-order chi connectivity index (χ1) is 40.0. The third kappa shape index (κ3) is 58.8. The van der Waals surface area contributed by atoms with Crippen molar-refractivity contribution < 1.29 is 80.2 Å². The Bertz CT molecular complexity index is 1620. The van der Waals surface area contributed by atoms with E-state index in [0.29, 0.717) is 25.7 Å². The van der Waals surface area contributed by atoms with Crippen molar-refractivity contribution in [3.05, 3.63) is 0 Å². The highest BCUT2D eigenvalue weighted by atomic mass is 31.2. The van der Waals surface area contributed by atoms with Crippen molar-refractivity contribution in [2.75, 3.05) is 39.6 Å². The van der Waals surface area contributed by atoms with Crippen molar-refractivity contribution in [2.24, 2.45) is 5.92 Å². The van der Waals surface area contributed by atoms with Gasteiger partial charge in [-0.2, -0.15) is 0 Å². The zero-order valence-corrected chi connectivity index (χ0v) is 55.1. The SMILES string of the molecule is CCCCCCCCCCCCCCCCC(=O)OC[C@H](COP(=O)(O)OC[C@@H](O)COP(=O)(O)OC[C@@H](COC(=O)CCCCCCC)OC(=O)CCCCCCCCCCC)OC(=O)CCCCCCCCCCCCCCC(C)C. The summed E-state index contributed by atoms with van der Waals surface area (Å²) in [5.41, 5.74) is 0. The molecule has 0 radical (unpaired) electrons. The van der Waals surface area contributed by atoms with Crippen LogP contribution in [0.4, 0.5) is 0 Å². The Morgan fingerprint density at radius 1 is 0.325 bits per heavy atom. The maximum Gasteiger partial charge on any atom is 0.472 e. The van der Waals surface area contributed by atoms with Crippen LogP contribution in [0.5, 0.6) is 0 Å². The fourth-order valence-corrected chi connectivity index (χ4v) is 11.2. The molecule has 0 fully saturated rings. The van der Waals surface area contributed by atoms with Crippen LogP contribution < -0.4 is 0 Å². The van der Waals surface area contributed by atoms with Gasteiger partial charge in [-0.15, -0.1) is 0 Å². The zero-order chi connectivity index (χ0) is 61.3. The molecular formula is C64H124O17P2. The summed E-state index contributed by atoms with van der Waals surface area (Å²) in [6, 6.07) is 0. The Morgan fingerprint density at radius 3 is 0.819 bits per heavy atom. The summed E-state index contributed by atoms with van der Waals surface area (Å²) >= 11 is 0. The van der Waals surface area contributed by atoms with E-state index in [1.54, 1.807) is 0 Å². The van der Waals surface area contributed by atoms with Gasteiger partial charge >= 0.3 is 39.5 Å². The number of hydrogen-bond acceptors (Lipinski definition) is 15. The van der Waals surface area contributed by atoms with Crippen molar-refractivity contribution in [3.8, 4) is 0 Å². The Hall–Kier alpha value is -1.94. The molecule has 0 heterocycles. The quantitative estimate of drug-likeness (QED) is 0.0222. The number of aliphatic hydroxyl groups is 1. The van der Waals surface area contributed by atoms with Crippen LogP contribution in [0.2, 0.25) is 0 Å². The molecule has 5 atom stereocenters. The molecule has 3 N–H and O–H groups in total. The maximum absolute atomic E-state index is 13.0. The fraction of sp³-hybridized carbons (Fsp3) is 0.938. The van der Waals surface area contributed by atoms with Gasteiger partial charge < -0.3 is 33.8 Å². The number of aliphatic hydroxyl groups excluding tert-OH is 1. The van der Waals surface area contributed by atoms with Gasteiger partial charge in [-0.1, -0.05) is 272 Å². The minimum absolute atomic E-state index is 0.105. The molecule has 0 amide bonds. The smallest absolute Gasteiger partial charge is 0.462 e. The molecule has 2 unspecified atom stereocenters. The highest BCUT2D eigenvalue weighted by molar-refractivity contribution is 7.47. The number of carbonyl (C=O) groups is 4. The average molecular weight is 1230 g/mol. The van der Waals surface area contributed by atoms with Crippen LogP contribution in [0, 0.1) is 5.92 Å². The predicted octanol–water partition coefficient (Wildman–Crippen LogP) is 17.8. The maximum atomic E-state index is 13.0. The summed E-state index contributed by atoms with van der Waals surface area (Å²) in [4.78, 5) is 71.9. The average Bonchev–Trinajstić information content (AvgIpc) is 3.48. The second-order valence-electron chi connectivity index (χ2n) is 23.6. The van der Waals surface area contributed by atoms with E-state index in [0.717, 1.165) is 102 Å². The van der Waals surface area contributed by atoms with E-state index >= 15 is 0 Å². The number of esters is 4. The van der Waals surface area contributed by atoms with Crippen molar-refractivity contribution in [1.82, 2.24) is 0 Å². The van der Waals surface area contributed by atoms with Gasteiger partial charge in [-0.3, -0.25) is 37.3 Å². The van der Waals surface area contributed by atoms with Crippen LogP contribution in [0.15, 0.2) is 0 Å². The summed E-state index contributed by atoms with van der Waals surface area (Å²) in [5, 5.41) is 10.5. The lowest BCUT2D eigenvalue weighted by molar-refractivity contribution is -0.161. The highest BCUT2D eigenvalue weighted by Gasteiger charge is 2.30. The van der Waals surface area contributed by atoms with Crippen LogP contribution >= 0.6 is 15.6 Å². The molecule has 0 saturated heterocycles. The lowest BCUT2D eigenvalue weighted by Crippen LogP contribution is -2.30. The number of carbonyl (C=O) groups excluding carboxylic acids is 4. The molecule has 0 spiro atoms. The monoisotopic (exact) mass is 1230 g/mol. The summed E-state index contributed by atoms with van der Waals surface area (Å²) in [6.07, 6.45) is 42.0. The van der Waals surface area contributed by atoms with Crippen LogP contribution in [0.3, 0.4) is 0 Å². The first-order valence-corrected chi connectivity index (χ1v) is 36.6. The van der Waals surface area contributed by atoms with E-state index in [-0.39, 0.29) is 25.7 Å². The van der Waals surface area contributed by atoms with Gasteiger partial charge in [0.05, 0.1) is 26.4 Å². The molecule has 19 heteroatoms. The van der Waals surface area contributed by atoms with E-state index < -0.39 is 97.5 Å². The van der Waals surface area contributed by atoms with Crippen molar-refractivity contribution in [3.63, 3.8) is 0 Å². The van der Waals surface area contributed by atoms with Crippen molar-refractivity contribution in [2.45, 2.75) is 342 Å². The van der Waals surface area contributed by atoms with Gasteiger partial charge in [-0.25, -0.2) is 9.13 Å². The standard InChI is InChI=1S/C64H124O17P2/c1-6-9-12-15-17-19-20-21-22-26-30-33-38-43-48-62(67)75-54-60(81-64(69)50-45-40-35-31-27-24-23-25-29-32-37-41-46-57(4)5)56-79-83(72,73)77-52-58(65)51-76-82(70,71)78-55-59(53-74-61(66)47-42-36-14-11-8-3)80-63(68)49-44-39-34-28-18-16-13-10-7-2/h57-60,65H,6-56H2,1-5H3,(H,70,71)(H,72,73)/t58-,59+,60+/m0/s1. The van der Waals surface area contributed by atoms with Gasteiger partial charge in [-0.05, 0) is 31.6 Å². The molecule has 83 heavy (non-hydrogen) atoms. The third-order valence-electron chi connectivity index (χ3n) is 14.8. The molecule has 0 aromatic carbocycles. The molecule has 492 valence electrons. The van der Waals surface area contributed by atoms with Crippen LogP contribution in [0.1, 0.15) is 324 Å². The lowest BCUT2D eigenvalue weighted by Gasteiger charge is -2.21. The van der Waals surface area contributed by atoms with Gasteiger partial charge in [0.1, 0.15) is 19.3 Å². The molecular weight excluding hydrogens is 1100 g/mol. The first kappa shape index (κ1) is 81.1. The summed E-state index contributed by atoms with van der Waals surface area (Å²) in [5.74, 6) is -1.37. The third-order valence-corrected chi connectivity index (χ3v) is 16.7. The van der Waals surface area contributed by atoms with Crippen molar-refractivity contribution >= 4 is 39.5 Å². The second kappa shape index (κ2) is 57.8. The normalized spacial score (nSPS) is 14.2. The van der Waals surface area contributed by atoms with E-state index in [9.17, 15) is 43.2 Å². The number of hydrogen-bond donors (Lipinski definition) is 3. The molecule has 0 rings (SSSR count). The number of phosphoric acid groups is 2. The van der Waals surface area contributed by atoms with Crippen molar-refractivity contribution in [1.29, 1.82) is 0 Å². The molecule has 0 aromatic heterocycles. The van der Waals surface area contributed by atoms with E-state index in [1.807, 2.05) is 0 Å². The molecule has 0 aliphatic carbocycles. The number of phosphoric ester groups is 2. The Labute approximate surface area is 505 Å². The largest absolute Gasteiger partial charge is 0.472 e. The molecule has 0 aliphatic rings. The van der Waals surface area contributed by atoms with Gasteiger partial charge in [0.15, 0.2) is 12.2 Å².